The molecule has 0 aliphatic heterocycles. The Balaban J connectivity index is 2.55. The molecule has 0 atom stereocenters. The Morgan fingerprint density at radius 1 is 1.19 bits per heavy atom. The molecule has 1 aromatic heterocycles. The van der Waals surface area contributed by atoms with Crippen molar-refractivity contribution in [3.63, 3.8) is 0 Å². The van der Waals surface area contributed by atoms with Gasteiger partial charge >= 0.3 is 6.09 Å². The third kappa shape index (κ3) is 4.87. The number of aromatic amines is 1. The van der Waals surface area contributed by atoms with E-state index in [1.54, 1.807) is 32.3 Å². The molecule has 7 heteroatoms. The summed E-state index contributed by atoms with van der Waals surface area (Å²) in [6.45, 7) is 6.44. The van der Waals surface area contributed by atoms with Crippen LogP contribution in [0.2, 0.25) is 0 Å². The van der Waals surface area contributed by atoms with E-state index in [1.165, 1.54) is 4.90 Å². The second kappa shape index (κ2) is 9.21. The maximum absolute atomic E-state index is 12.5. The minimum atomic E-state index is -0.486. The summed E-state index contributed by atoms with van der Waals surface area (Å²) >= 11 is 0. The van der Waals surface area contributed by atoms with Gasteiger partial charge in [0, 0.05) is 19.7 Å². The predicted molar refractivity (Wildman–Crippen MR) is 105 cm³/mol. The number of ether oxygens (including phenoxy) is 2. The largest absolute Gasteiger partial charge is 0.493 e. The van der Waals surface area contributed by atoms with Crippen LogP contribution in [0.4, 0.5) is 4.79 Å². The van der Waals surface area contributed by atoms with Crippen molar-refractivity contribution in [2.45, 2.75) is 40.0 Å². The Bertz CT molecular complexity index is 859. The molecule has 0 fully saturated rings. The first-order valence-corrected chi connectivity index (χ1v) is 9.19. The zero-order chi connectivity index (χ0) is 20.0. The third-order valence-corrected chi connectivity index (χ3v) is 4.03. The van der Waals surface area contributed by atoms with E-state index >= 15 is 0 Å². The predicted octanol–water partition coefficient (Wildman–Crippen LogP) is 3.41. The molecule has 1 N–H and O–H groups in total. The number of hydrogen-bond donors (Lipinski definition) is 1. The lowest BCUT2D eigenvalue weighted by Gasteiger charge is -2.15. The quantitative estimate of drug-likeness (QED) is 0.804. The Hall–Kier alpha value is -2.83. The number of benzene rings is 1. The SMILES string of the molecule is CCCOc1ccc(OC(=O)N(C)C)cc1-c1nc(CC)c(CC)c(=O)[nH]1. The minimum absolute atomic E-state index is 0.156. The van der Waals surface area contributed by atoms with E-state index < -0.39 is 6.09 Å². The van der Waals surface area contributed by atoms with Crippen LogP contribution in [0.5, 0.6) is 11.5 Å². The van der Waals surface area contributed by atoms with Crippen molar-refractivity contribution < 1.29 is 14.3 Å². The van der Waals surface area contributed by atoms with Gasteiger partial charge in [-0.25, -0.2) is 9.78 Å². The first-order valence-electron chi connectivity index (χ1n) is 9.19. The van der Waals surface area contributed by atoms with E-state index in [-0.39, 0.29) is 5.56 Å². The average molecular weight is 373 g/mol. The number of aromatic nitrogens is 2. The van der Waals surface area contributed by atoms with E-state index in [2.05, 4.69) is 9.97 Å². The molecule has 0 saturated carbocycles. The second-order valence-corrected chi connectivity index (χ2v) is 6.32. The van der Waals surface area contributed by atoms with Crippen LogP contribution in [0.1, 0.15) is 38.4 Å². The first kappa shape index (κ1) is 20.5. The van der Waals surface area contributed by atoms with Gasteiger partial charge in [-0.15, -0.1) is 0 Å². The smallest absolute Gasteiger partial charge is 0.414 e. The molecule has 0 aliphatic carbocycles. The van der Waals surface area contributed by atoms with Gasteiger partial charge < -0.3 is 19.4 Å². The van der Waals surface area contributed by atoms with Crippen molar-refractivity contribution in [2.24, 2.45) is 0 Å². The van der Waals surface area contributed by atoms with Gasteiger partial charge in [-0.2, -0.15) is 0 Å². The molecule has 0 bridgehead atoms. The van der Waals surface area contributed by atoms with Gasteiger partial charge in [0.1, 0.15) is 17.3 Å². The van der Waals surface area contributed by atoms with Crippen LogP contribution in [0.15, 0.2) is 23.0 Å². The fourth-order valence-corrected chi connectivity index (χ4v) is 2.62. The number of carbonyl (C=O) groups excluding carboxylic acids is 1. The summed E-state index contributed by atoms with van der Waals surface area (Å²) in [5.74, 6) is 1.34. The fourth-order valence-electron chi connectivity index (χ4n) is 2.62. The summed E-state index contributed by atoms with van der Waals surface area (Å²) in [6, 6.07) is 5.05. The third-order valence-electron chi connectivity index (χ3n) is 4.03. The molecule has 0 aliphatic rings. The number of nitrogens with zero attached hydrogens (tertiary/aromatic N) is 2. The molecule has 1 heterocycles. The van der Waals surface area contributed by atoms with E-state index in [0.717, 1.165) is 12.1 Å². The molecular formula is C20H27N3O4. The Kier molecular flexibility index (Phi) is 6.98. The monoisotopic (exact) mass is 373 g/mol. The molecule has 0 saturated heterocycles. The molecule has 146 valence electrons. The van der Waals surface area contributed by atoms with Crippen molar-refractivity contribution in [2.75, 3.05) is 20.7 Å². The van der Waals surface area contributed by atoms with E-state index in [9.17, 15) is 9.59 Å². The van der Waals surface area contributed by atoms with Crippen molar-refractivity contribution in [3.05, 3.63) is 39.8 Å². The number of aryl methyl sites for hydroxylation is 1. The lowest BCUT2D eigenvalue weighted by molar-refractivity contribution is 0.172. The molecule has 1 amide bonds. The van der Waals surface area contributed by atoms with Crippen molar-refractivity contribution in [1.29, 1.82) is 0 Å². The van der Waals surface area contributed by atoms with Crippen LogP contribution in [0.3, 0.4) is 0 Å². The number of rotatable bonds is 7. The molecule has 0 spiro atoms. The standard InChI is InChI=1S/C20H27N3O4/c1-6-11-26-17-10-9-13(27-20(25)23(4)5)12-15(17)18-21-16(8-3)14(7-2)19(24)22-18/h9-10,12H,6-8,11H2,1-5H3,(H,21,22,24). The number of carbonyl (C=O) groups is 1. The highest BCUT2D eigenvalue weighted by Gasteiger charge is 2.16. The molecular weight excluding hydrogens is 346 g/mol. The van der Waals surface area contributed by atoms with Gasteiger partial charge in [0.15, 0.2) is 0 Å². The lowest BCUT2D eigenvalue weighted by Crippen LogP contribution is -2.25. The van der Waals surface area contributed by atoms with E-state index in [0.29, 0.717) is 47.9 Å². The molecule has 7 nitrogen and oxygen atoms in total. The minimum Gasteiger partial charge on any atom is -0.493 e. The summed E-state index contributed by atoms with van der Waals surface area (Å²) in [5.41, 5.74) is 1.87. The van der Waals surface area contributed by atoms with E-state index in [4.69, 9.17) is 9.47 Å². The van der Waals surface area contributed by atoms with Crippen LogP contribution in [-0.2, 0) is 12.8 Å². The summed E-state index contributed by atoms with van der Waals surface area (Å²) in [4.78, 5) is 33.1. The first-order chi connectivity index (χ1) is 12.9. The lowest BCUT2D eigenvalue weighted by atomic mass is 10.1. The fraction of sp³-hybridized carbons (Fsp3) is 0.450. The van der Waals surface area contributed by atoms with Crippen molar-refractivity contribution in [3.8, 4) is 22.9 Å². The van der Waals surface area contributed by atoms with E-state index in [1.807, 2.05) is 20.8 Å². The van der Waals surface area contributed by atoms with Crippen LogP contribution >= 0.6 is 0 Å². The van der Waals surface area contributed by atoms with Crippen molar-refractivity contribution >= 4 is 6.09 Å². The van der Waals surface area contributed by atoms with Gasteiger partial charge in [-0.1, -0.05) is 20.8 Å². The number of H-pyrrole nitrogens is 1. The zero-order valence-corrected chi connectivity index (χ0v) is 16.6. The summed E-state index contributed by atoms with van der Waals surface area (Å²) < 4.78 is 11.1. The maximum Gasteiger partial charge on any atom is 0.414 e. The normalized spacial score (nSPS) is 10.6. The molecule has 0 unspecified atom stereocenters. The highest BCUT2D eigenvalue weighted by atomic mass is 16.6. The summed E-state index contributed by atoms with van der Waals surface area (Å²) in [7, 11) is 3.22. The highest BCUT2D eigenvalue weighted by Crippen LogP contribution is 2.32. The number of nitrogens with one attached hydrogen (secondary N) is 1. The van der Waals surface area contributed by atoms with Crippen molar-refractivity contribution in [1.82, 2.24) is 14.9 Å². The van der Waals surface area contributed by atoms with Gasteiger partial charge in [0.05, 0.1) is 17.9 Å². The molecule has 0 radical (unpaired) electrons. The van der Waals surface area contributed by atoms with Gasteiger partial charge in [-0.05, 0) is 37.5 Å². The van der Waals surface area contributed by atoms with Gasteiger partial charge in [0.25, 0.3) is 5.56 Å². The Labute approximate surface area is 159 Å². The second-order valence-electron chi connectivity index (χ2n) is 6.32. The molecule has 2 aromatic rings. The molecule has 27 heavy (non-hydrogen) atoms. The highest BCUT2D eigenvalue weighted by molar-refractivity contribution is 5.72. The molecule has 2 rings (SSSR count). The summed E-state index contributed by atoms with van der Waals surface area (Å²) in [6.07, 6.45) is 1.63. The number of hydrogen-bond acceptors (Lipinski definition) is 5. The zero-order valence-electron chi connectivity index (χ0n) is 16.6. The van der Waals surface area contributed by atoms with Crippen LogP contribution in [0.25, 0.3) is 11.4 Å². The van der Waals surface area contributed by atoms with Gasteiger partial charge in [-0.3, -0.25) is 4.79 Å². The number of amides is 1. The molecule has 1 aromatic carbocycles. The van der Waals surface area contributed by atoms with Crippen LogP contribution in [0, 0.1) is 0 Å². The van der Waals surface area contributed by atoms with Gasteiger partial charge in [0.2, 0.25) is 0 Å². The van der Waals surface area contributed by atoms with Crippen LogP contribution < -0.4 is 15.0 Å². The average Bonchev–Trinajstić information content (AvgIpc) is 2.65. The topological polar surface area (TPSA) is 84.5 Å². The summed E-state index contributed by atoms with van der Waals surface area (Å²) in [5, 5.41) is 0. The Morgan fingerprint density at radius 3 is 2.52 bits per heavy atom. The maximum atomic E-state index is 12.5. The Morgan fingerprint density at radius 2 is 1.93 bits per heavy atom. The van der Waals surface area contributed by atoms with Crippen LogP contribution in [-0.4, -0.2) is 41.7 Å².